The van der Waals surface area contributed by atoms with Gasteiger partial charge in [0.1, 0.15) is 5.78 Å². The molecule has 0 N–H and O–H groups in total. The zero-order valence-electron chi connectivity index (χ0n) is 14.1. The SMILES string of the molecule is CC(=O)CCCCCCCCCC1=Nc2ccccc2C(=O)C1. The molecule has 0 aromatic heterocycles. The van der Waals surface area contributed by atoms with E-state index < -0.39 is 0 Å². The number of carbonyl (C=O) groups is 2. The van der Waals surface area contributed by atoms with Crippen LogP contribution in [0.25, 0.3) is 0 Å². The van der Waals surface area contributed by atoms with E-state index in [1.807, 2.05) is 24.3 Å². The van der Waals surface area contributed by atoms with Crippen LogP contribution in [0.15, 0.2) is 29.3 Å². The summed E-state index contributed by atoms with van der Waals surface area (Å²) in [5.41, 5.74) is 2.64. The molecule has 1 aliphatic heterocycles. The summed E-state index contributed by atoms with van der Waals surface area (Å²) >= 11 is 0. The summed E-state index contributed by atoms with van der Waals surface area (Å²) in [4.78, 5) is 27.5. The lowest BCUT2D eigenvalue weighted by Gasteiger charge is -2.14. The van der Waals surface area contributed by atoms with Crippen molar-refractivity contribution in [2.24, 2.45) is 4.99 Å². The molecular weight excluding hydrogens is 286 g/mol. The van der Waals surface area contributed by atoms with E-state index in [9.17, 15) is 9.59 Å². The third-order valence-electron chi connectivity index (χ3n) is 4.34. The zero-order valence-corrected chi connectivity index (χ0v) is 14.1. The van der Waals surface area contributed by atoms with E-state index >= 15 is 0 Å². The summed E-state index contributed by atoms with van der Waals surface area (Å²) in [6, 6.07) is 7.62. The van der Waals surface area contributed by atoms with E-state index in [1.54, 1.807) is 6.92 Å². The van der Waals surface area contributed by atoms with Gasteiger partial charge in [-0.05, 0) is 38.3 Å². The van der Waals surface area contributed by atoms with E-state index in [1.165, 1.54) is 25.7 Å². The Bertz CT molecular complexity index is 575. The maximum Gasteiger partial charge on any atom is 0.170 e. The first-order valence-electron chi connectivity index (χ1n) is 8.85. The fraction of sp³-hybridized carbons (Fsp3) is 0.550. The molecule has 0 saturated heterocycles. The van der Waals surface area contributed by atoms with Crippen LogP contribution in [0.5, 0.6) is 0 Å². The van der Waals surface area contributed by atoms with Gasteiger partial charge in [0.15, 0.2) is 5.78 Å². The summed E-state index contributed by atoms with van der Waals surface area (Å²) in [6.07, 6.45) is 10.4. The van der Waals surface area contributed by atoms with E-state index in [0.29, 0.717) is 12.2 Å². The normalized spacial score (nSPS) is 13.6. The summed E-state index contributed by atoms with van der Waals surface area (Å²) in [6.45, 7) is 1.66. The molecule has 2 rings (SSSR count). The predicted octanol–water partition coefficient (Wildman–Crippen LogP) is 5.45. The number of Topliss-reactive ketones (excluding diaryl/α,β-unsaturated/α-hetero) is 2. The Balaban J connectivity index is 1.60. The van der Waals surface area contributed by atoms with Crippen LogP contribution in [0.4, 0.5) is 5.69 Å². The van der Waals surface area contributed by atoms with Crippen LogP contribution in [-0.4, -0.2) is 17.3 Å². The second kappa shape index (κ2) is 9.39. The lowest BCUT2D eigenvalue weighted by molar-refractivity contribution is -0.117. The molecule has 0 amide bonds. The lowest BCUT2D eigenvalue weighted by atomic mass is 9.97. The van der Waals surface area contributed by atoms with Gasteiger partial charge in [0, 0.05) is 24.1 Å². The lowest BCUT2D eigenvalue weighted by Crippen LogP contribution is -2.13. The average Bonchev–Trinajstić information content (AvgIpc) is 2.53. The van der Waals surface area contributed by atoms with E-state index in [2.05, 4.69) is 4.99 Å². The number of fused-ring (bicyclic) bond motifs is 1. The van der Waals surface area contributed by atoms with Crippen molar-refractivity contribution in [2.75, 3.05) is 0 Å². The van der Waals surface area contributed by atoms with Gasteiger partial charge < -0.3 is 4.79 Å². The molecule has 0 fully saturated rings. The number of hydrogen-bond donors (Lipinski definition) is 0. The fourth-order valence-electron chi connectivity index (χ4n) is 3.03. The van der Waals surface area contributed by atoms with Crippen molar-refractivity contribution in [3.05, 3.63) is 29.8 Å². The Labute approximate surface area is 139 Å². The quantitative estimate of drug-likeness (QED) is 0.539. The van der Waals surface area contributed by atoms with Crippen molar-refractivity contribution >= 4 is 23.0 Å². The number of aliphatic imine (C=N–C) groups is 1. The van der Waals surface area contributed by atoms with Gasteiger partial charge in [-0.3, -0.25) is 9.79 Å². The zero-order chi connectivity index (χ0) is 16.5. The first-order chi connectivity index (χ1) is 11.2. The van der Waals surface area contributed by atoms with Crippen molar-refractivity contribution in [3.63, 3.8) is 0 Å². The van der Waals surface area contributed by atoms with Crippen molar-refractivity contribution < 1.29 is 9.59 Å². The number of unbranched alkanes of at least 4 members (excludes halogenated alkanes) is 6. The van der Waals surface area contributed by atoms with Gasteiger partial charge in [0.25, 0.3) is 0 Å². The van der Waals surface area contributed by atoms with Crippen molar-refractivity contribution in [1.82, 2.24) is 0 Å². The van der Waals surface area contributed by atoms with Crippen molar-refractivity contribution in [1.29, 1.82) is 0 Å². The minimum atomic E-state index is 0.205. The van der Waals surface area contributed by atoms with Crippen LogP contribution in [0, 0.1) is 0 Å². The third kappa shape index (κ3) is 6.09. The number of benzene rings is 1. The third-order valence-corrected chi connectivity index (χ3v) is 4.34. The van der Waals surface area contributed by atoms with Gasteiger partial charge in [-0.15, -0.1) is 0 Å². The van der Waals surface area contributed by atoms with E-state index in [4.69, 9.17) is 0 Å². The fourth-order valence-corrected chi connectivity index (χ4v) is 3.03. The predicted molar refractivity (Wildman–Crippen MR) is 94.7 cm³/mol. The van der Waals surface area contributed by atoms with Gasteiger partial charge >= 0.3 is 0 Å². The highest BCUT2D eigenvalue weighted by molar-refractivity contribution is 6.15. The molecule has 0 saturated carbocycles. The van der Waals surface area contributed by atoms with Gasteiger partial charge in [0.05, 0.1) is 5.69 Å². The van der Waals surface area contributed by atoms with Crippen LogP contribution in [0.1, 0.15) is 81.5 Å². The summed E-state index contributed by atoms with van der Waals surface area (Å²) in [7, 11) is 0. The number of hydrogen-bond acceptors (Lipinski definition) is 3. The molecule has 3 nitrogen and oxygen atoms in total. The second-order valence-corrected chi connectivity index (χ2v) is 6.47. The topological polar surface area (TPSA) is 46.5 Å². The van der Waals surface area contributed by atoms with Crippen molar-refractivity contribution in [3.8, 4) is 0 Å². The van der Waals surface area contributed by atoms with E-state index in [0.717, 1.165) is 49.1 Å². The summed E-state index contributed by atoms with van der Waals surface area (Å²) in [5, 5.41) is 0. The first-order valence-corrected chi connectivity index (χ1v) is 8.85. The van der Waals surface area contributed by atoms with Crippen LogP contribution in [-0.2, 0) is 4.79 Å². The molecule has 124 valence electrons. The molecule has 1 heterocycles. The van der Waals surface area contributed by atoms with Crippen LogP contribution in [0.3, 0.4) is 0 Å². The average molecular weight is 313 g/mol. The Morgan fingerprint density at radius 3 is 2.39 bits per heavy atom. The molecule has 0 radical (unpaired) electrons. The molecule has 3 heteroatoms. The molecule has 0 unspecified atom stereocenters. The monoisotopic (exact) mass is 313 g/mol. The number of para-hydroxylation sites is 1. The van der Waals surface area contributed by atoms with Gasteiger partial charge in [-0.2, -0.15) is 0 Å². The van der Waals surface area contributed by atoms with Crippen molar-refractivity contribution in [2.45, 2.75) is 71.1 Å². The minimum Gasteiger partial charge on any atom is -0.300 e. The standard InChI is InChI=1S/C20H27NO2/c1-16(22)11-7-5-3-2-4-6-8-12-17-15-20(23)18-13-9-10-14-19(18)21-17/h9-10,13-14H,2-8,11-12,15H2,1H3. The Kier molecular flexibility index (Phi) is 7.18. The Morgan fingerprint density at radius 2 is 1.65 bits per heavy atom. The molecule has 0 aliphatic carbocycles. The highest BCUT2D eigenvalue weighted by atomic mass is 16.1. The summed E-state index contributed by atoms with van der Waals surface area (Å²) < 4.78 is 0. The minimum absolute atomic E-state index is 0.205. The second-order valence-electron chi connectivity index (χ2n) is 6.47. The highest BCUT2D eigenvalue weighted by Crippen LogP contribution is 2.26. The number of rotatable bonds is 10. The molecular formula is C20H27NO2. The summed E-state index contributed by atoms with van der Waals surface area (Å²) in [5.74, 6) is 0.505. The number of ketones is 2. The highest BCUT2D eigenvalue weighted by Gasteiger charge is 2.18. The molecule has 23 heavy (non-hydrogen) atoms. The van der Waals surface area contributed by atoms with Crippen LogP contribution < -0.4 is 0 Å². The van der Waals surface area contributed by atoms with E-state index in [-0.39, 0.29) is 5.78 Å². The Morgan fingerprint density at radius 1 is 1.00 bits per heavy atom. The largest absolute Gasteiger partial charge is 0.300 e. The maximum atomic E-state index is 12.1. The molecule has 1 aromatic rings. The Hall–Kier alpha value is -1.77. The molecule has 0 spiro atoms. The van der Waals surface area contributed by atoms with Gasteiger partial charge in [-0.25, -0.2) is 0 Å². The van der Waals surface area contributed by atoms with Gasteiger partial charge in [-0.1, -0.05) is 44.2 Å². The first kappa shape index (κ1) is 17.6. The molecule has 1 aliphatic rings. The molecule has 0 bridgehead atoms. The van der Waals surface area contributed by atoms with Crippen LogP contribution in [0.2, 0.25) is 0 Å². The molecule has 0 atom stereocenters. The maximum absolute atomic E-state index is 12.1. The van der Waals surface area contributed by atoms with Crippen LogP contribution >= 0.6 is 0 Å². The number of nitrogens with zero attached hydrogens (tertiary/aromatic N) is 1. The smallest absolute Gasteiger partial charge is 0.170 e. The number of carbonyl (C=O) groups excluding carboxylic acids is 2. The van der Waals surface area contributed by atoms with Gasteiger partial charge in [0.2, 0.25) is 0 Å². The molecule has 1 aromatic carbocycles.